The lowest BCUT2D eigenvalue weighted by molar-refractivity contribution is 0.481. The molecule has 0 aliphatic carbocycles. The summed E-state index contributed by atoms with van der Waals surface area (Å²) in [6.45, 7) is 0.570. The first-order valence-electron chi connectivity index (χ1n) is 7.56. The van der Waals surface area contributed by atoms with Crippen molar-refractivity contribution in [1.29, 1.82) is 0 Å². The van der Waals surface area contributed by atoms with Gasteiger partial charge < -0.3 is 10.1 Å². The highest BCUT2D eigenvalue weighted by molar-refractivity contribution is 5.95. The zero-order valence-corrected chi connectivity index (χ0v) is 12.2. The SMILES string of the molecule is O=c1c2ccccc2nc2n1CCc1c-2[nH]c2cccc(O)c12. The molecule has 0 saturated carbocycles. The van der Waals surface area contributed by atoms with Gasteiger partial charge in [0.25, 0.3) is 5.56 Å². The molecule has 5 nitrogen and oxygen atoms in total. The van der Waals surface area contributed by atoms with Gasteiger partial charge in [-0.25, -0.2) is 4.98 Å². The van der Waals surface area contributed by atoms with E-state index in [0.717, 1.165) is 22.2 Å². The van der Waals surface area contributed by atoms with Crippen LogP contribution in [-0.2, 0) is 13.0 Å². The fourth-order valence-corrected chi connectivity index (χ4v) is 3.53. The number of rotatable bonds is 0. The zero-order chi connectivity index (χ0) is 15.6. The number of fused-ring (bicyclic) bond motifs is 6. The van der Waals surface area contributed by atoms with Gasteiger partial charge in [0.2, 0.25) is 0 Å². The number of aromatic amines is 1. The molecule has 5 heteroatoms. The van der Waals surface area contributed by atoms with E-state index in [4.69, 9.17) is 4.98 Å². The van der Waals surface area contributed by atoms with Gasteiger partial charge in [-0.1, -0.05) is 18.2 Å². The molecule has 2 aromatic carbocycles. The normalized spacial score (nSPS) is 13.2. The Morgan fingerprint density at radius 1 is 1.13 bits per heavy atom. The molecule has 23 heavy (non-hydrogen) atoms. The summed E-state index contributed by atoms with van der Waals surface area (Å²) in [5.41, 5.74) is 3.40. The third-order valence-electron chi connectivity index (χ3n) is 4.58. The first-order chi connectivity index (χ1) is 11.2. The highest BCUT2D eigenvalue weighted by Crippen LogP contribution is 2.37. The molecule has 0 unspecified atom stereocenters. The number of aromatic hydroxyl groups is 1. The number of aryl methyl sites for hydroxylation is 1. The second-order valence-electron chi connectivity index (χ2n) is 5.84. The number of nitrogens with zero attached hydrogens (tertiary/aromatic N) is 2. The van der Waals surface area contributed by atoms with Crippen molar-refractivity contribution >= 4 is 21.8 Å². The predicted molar refractivity (Wildman–Crippen MR) is 88.7 cm³/mol. The van der Waals surface area contributed by atoms with E-state index in [1.165, 1.54) is 0 Å². The van der Waals surface area contributed by atoms with Crippen molar-refractivity contribution in [3.63, 3.8) is 0 Å². The highest BCUT2D eigenvalue weighted by atomic mass is 16.3. The lowest BCUT2D eigenvalue weighted by atomic mass is 10.0. The van der Waals surface area contributed by atoms with E-state index in [-0.39, 0.29) is 11.3 Å². The Morgan fingerprint density at radius 3 is 2.91 bits per heavy atom. The van der Waals surface area contributed by atoms with Crippen LogP contribution in [0.4, 0.5) is 0 Å². The second kappa shape index (κ2) is 4.23. The number of phenolic OH excluding ortho intramolecular Hbond substituents is 1. The van der Waals surface area contributed by atoms with Crippen molar-refractivity contribution in [2.45, 2.75) is 13.0 Å². The van der Waals surface area contributed by atoms with Crippen molar-refractivity contribution in [3.05, 3.63) is 58.4 Å². The summed E-state index contributed by atoms with van der Waals surface area (Å²) in [6, 6.07) is 12.8. The first kappa shape index (κ1) is 12.5. The molecule has 0 spiro atoms. The van der Waals surface area contributed by atoms with Gasteiger partial charge in [0.05, 0.1) is 16.6 Å². The maximum Gasteiger partial charge on any atom is 0.261 e. The Kier molecular flexibility index (Phi) is 2.29. The van der Waals surface area contributed by atoms with Crippen LogP contribution in [0.1, 0.15) is 5.56 Å². The third-order valence-corrected chi connectivity index (χ3v) is 4.58. The Morgan fingerprint density at radius 2 is 2.00 bits per heavy atom. The summed E-state index contributed by atoms with van der Waals surface area (Å²) in [5.74, 6) is 0.905. The van der Waals surface area contributed by atoms with Gasteiger partial charge in [-0.15, -0.1) is 0 Å². The van der Waals surface area contributed by atoms with E-state index in [1.807, 2.05) is 30.3 Å². The van der Waals surface area contributed by atoms with Crippen LogP contribution in [-0.4, -0.2) is 19.6 Å². The molecule has 1 aliphatic heterocycles. The van der Waals surface area contributed by atoms with Crippen LogP contribution in [0.3, 0.4) is 0 Å². The molecule has 0 bridgehead atoms. The number of phenols is 1. The van der Waals surface area contributed by atoms with Crippen molar-refractivity contribution in [2.75, 3.05) is 0 Å². The molecular weight excluding hydrogens is 290 g/mol. The number of para-hydroxylation sites is 1. The van der Waals surface area contributed by atoms with Crippen LogP contribution in [0, 0.1) is 0 Å². The largest absolute Gasteiger partial charge is 0.507 e. The summed E-state index contributed by atoms with van der Waals surface area (Å²) >= 11 is 0. The molecule has 0 atom stereocenters. The topological polar surface area (TPSA) is 70.9 Å². The molecule has 0 fully saturated rings. The summed E-state index contributed by atoms with van der Waals surface area (Å²) < 4.78 is 1.72. The fraction of sp³-hybridized carbons (Fsp3) is 0.111. The Hall–Kier alpha value is -3.08. The van der Waals surface area contributed by atoms with E-state index < -0.39 is 0 Å². The summed E-state index contributed by atoms with van der Waals surface area (Å²) in [4.78, 5) is 20.7. The highest BCUT2D eigenvalue weighted by Gasteiger charge is 2.24. The van der Waals surface area contributed by atoms with Gasteiger partial charge in [-0.05, 0) is 36.2 Å². The molecule has 0 radical (unpaired) electrons. The molecule has 112 valence electrons. The molecule has 0 amide bonds. The summed E-state index contributed by atoms with van der Waals surface area (Å²) in [5, 5.41) is 11.6. The van der Waals surface area contributed by atoms with Gasteiger partial charge in [-0.3, -0.25) is 9.36 Å². The van der Waals surface area contributed by atoms with Crippen LogP contribution in [0.25, 0.3) is 33.3 Å². The number of hydrogen-bond acceptors (Lipinski definition) is 3. The van der Waals surface area contributed by atoms with Crippen molar-refractivity contribution < 1.29 is 5.11 Å². The van der Waals surface area contributed by atoms with E-state index in [9.17, 15) is 9.90 Å². The second-order valence-corrected chi connectivity index (χ2v) is 5.84. The van der Waals surface area contributed by atoms with Gasteiger partial charge in [-0.2, -0.15) is 0 Å². The average Bonchev–Trinajstić information content (AvgIpc) is 2.95. The maximum absolute atomic E-state index is 12.7. The monoisotopic (exact) mass is 303 g/mol. The third kappa shape index (κ3) is 1.56. The Bertz CT molecular complexity index is 1150. The lowest BCUT2D eigenvalue weighted by Gasteiger charge is -2.18. The predicted octanol–water partition coefficient (Wildman–Crippen LogP) is 2.81. The van der Waals surface area contributed by atoms with Crippen LogP contribution < -0.4 is 5.56 Å². The minimum atomic E-state index is -0.0147. The van der Waals surface area contributed by atoms with Crippen LogP contribution >= 0.6 is 0 Å². The van der Waals surface area contributed by atoms with Gasteiger partial charge in [0.15, 0.2) is 5.82 Å². The van der Waals surface area contributed by atoms with Gasteiger partial charge >= 0.3 is 0 Å². The van der Waals surface area contributed by atoms with E-state index >= 15 is 0 Å². The molecular formula is C18H13N3O2. The molecule has 2 N–H and O–H groups in total. The van der Waals surface area contributed by atoms with Gasteiger partial charge in [0, 0.05) is 17.4 Å². The van der Waals surface area contributed by atoms with E-state index in [2.05, 4.69) is 4.98 Å². The number of aromatic nitrogens is 3. The zero-order valence-electron chi connectivity index (χ0n) is 12.2. The molecule has 1 aliphatic rings. The average molecular weight is 303 g/mol. The van der Waals surface area contributed by atoms with E-state index in [1.54, 1.807) is 16.7 Å². The minimum Gasteiger partial charge on any atom is -0.507 e. The maximum atomic E-state index is 12.7. The van der Waals surface area contributed by atoms with Gasteiger partial charge in [0.1, 0.15) is 5.75 Å². The van der Waals surface area contributed by atoms with Crippen LogP contribution in [0.15, 0.2) is 47.3 Å². The van der Waals surface area contributed by atoms with Crippen LogP contribution in [0.5, 0.6) is 5.75 Å². The first-order valence-corrected chi connectivity index (χ1v) is 7.56. The van der Waals surface area contributed by atoms with Crippen molar-refractivity contribution in [1.82, 2.24) is 14.5 Å². The fourth-order valence-electron chi connectivity index (χ4n) is 3.53. The smallest absolute Gasteiger partial charge is 0.261 e. The summed E-state index contributed by atoms with van der Waals surface area (Å²) in [7, 11) is 0. The number of hydrogen-bond donors (Lipinski definition) is 2. The van der Waals surface area contributed by atoms with Crippen LogP contribution in [0.2, 0.25) is 0 Å². The molecule has 4 aromatic rings. The quantitative estimate of drug-likeness (QED) is 0.525. The number of benzene rings is 2. The Balaban J connectivity index is 1.93. The summed E-state index contributed by atoms with van der Waals surface area (Å²) in [6.07, 6.45) is 0.694. The van der Waals surface area contributed by atoms with E-state index in [0.29, 0.717) is 29.7 Å². The molecule has 5 rings (SSSR count). The lowest BCUT2D eigenvalue weighted by Crippen LogP contribution is -2.27. The van der Waals surface area contributed by atoms with Crippen molar-refractivity contribution in [2.24, 2.45) is 0 Å². The molecule has 2 aromatic heterocycles. The number of H-pyrrole nitrogens is 1. The standard InChI is InChI=1S/C18H13N3O2/c22-14-7-3-6-13-15(14)11-8-9-21-17(16(11)19-13)20-12-5-2-1-4-10(12)18(21)23/h1-7,19,22H,8-9H2. The number of nitrogens with one attached hydrogen (secondary N) is 1. The molecule has 0 saturated heterocycles. The minimum absolute atomic E-state index is 0.0147. The molecule has 3 heterocycles. The van der Waals surface area contributed by atoms with Crippen molar-refractivity contribution in [3.8, 4) is 17.3 Å². The Labute approximate surface area is 130 Å².